The lowest BCUT2D eigenvalue weighted by atomic mass is 10.2. The molecule has 0 spiro atoms. The van der Waals surface area contributed by atoms with Gasteiger partial charge in [-0.05, 0) is 37.3 Å². The summed E-state index contributed by atoms with van der Waals surface area (Å²) in [6, 6.07) is 9.12. The summed E-state index contributed by atoms with van der Waals surface area (Å²) < 4.78 is 14.5. The first-order valence-corrected chi connectivity index (χ1v) is 4.83. The number of nitrogen functional groups attached to an aromatic ring is 1. The number of hydrogen-bond acceptors (Lipinski definition) is 2. The highest BCUT2D eigenvalue weighted by Gasteiger charge is 2.06. The molecule has 1 aromatic heterocycles. The van der Waals surface area contributed by atoms with E-state index in [-0.39, 0.29) is 17.1 Å². The normalized spacial score (nSPS) is 10.4. The number of anilines is 1. The van der Waals surface area contributed by atoms with Gasteiger partial charge < -0.3 is 5.73 Å². The van der Waals surface area contributed by atoms with E-state index in [0.717, 1.165) is 0 Å². The van der Waals surface area contributed by atoms with Crippen LogP contribution in [-0.2, 0) is 0 Å². The molecule has 16 heavy (non-hydrogen) atoms. The molecule has 0 amide bonds. The van der Waals surface area contributed by atoms with Crippen molar-refractivity contribution in [3.05, 3.63) is 58.3 Å². The van der Waals surface area contributed by atoms with Crippen molar-refractivity contribution in [2.45, 2.75) is 6.92 Å². The molecule has 0 bridgehead atoms. The molecule has 2 aromatic rings. The third-order valence-corrected chi connectivity index (χ3v) is 2.37. The number of aromatic nitrogens is 1. The van der Waals surface area contributed by atoms with Crippen molar-refractivity contribution in [1.29, 1.82) is 0 Å². The van der Waals surface area contributed by atoms with E-state index in [2.05, 4.69) is 0 Å². The SMILES string of the molecule is Cc1ccc(N)c(=O)n1-c1cccc(F)c1. The van der Waals surface area contributed by atoms with Crippen molar-refractivity contribution in [2.24, 2.45) is 0 Å². The van der Waals surface area contributed by atoms with Crippen molar-refractivity contribution < 1.29 is 4.39 Å². The largest absolute Gasteiger partial charge is 0.394 e. The van der Waals surface area contributed by atoms with Crippen LogP contribution in [0.25, 0.3) is 5.69 Å². The number of aryl methyl sites for hydroxylation is 1. The number of benzene rings is 1. The standard InChI is InChI=1S/C12H11FN2O/c1-8-5-6-11(14)12(16)15(8)10-4-2-3-9(13)7-10/h2-7H,14H2,1H3. The highest BCUT2D eigenvalue weighted by molar-refractivity contribution is 5.42. The number of nitrogens with zero attached hydrogens (tertiary/aromatic N) is 1. The fourth-order valence-corrected chi connectivity index (χ4v) is 1.58. The van der Waals surface area contributed by atoms with Gasteiger partial charge in [0.15, 0.2) is 0 Å². The smallest absolute Gasteiger partial charge is 0.278 e. The zero-order valence-corrected chi connectivity index (χ0v) is 8.77. The maximum Gasteiger partial charge on any atom is 0.278 e. The summed E-state index contributed by atoms with van der Waals surface area (Å²) in [6.07, 6.45) is 0. The predicted octanol–water partition coefficient (Wildman–Crippen LogP) is 1.87. The highest BCUT2D eigenvalue weighted by atomic mass is 19.1. The number of hydrogen-bond donors (Lipinski definition) is 1. The summed E-state index contributed by atoms with van der Waals surface area (Å²) in [4.78, 5) is 11.8. The van der Waals surface area contributed by atoms with Crippen LogP contribution in [0.1, 0.15) is 5.69 Å². The third kappa shape index (κ3) is 1.69. The van der Waals surface area contributed by atoms with Gasteiger partial charge in [-0.2, -0.15) is 0 Å². The Morgan fingerprint density at radius 1 is 1.25 bits per heavy atom. The van der Waals surface area contributed by atoms with Crippen LogP contribution < -0.4 is 11.3 Å². The van der Waals surface area contributed by atoms with Crippen molar-refractivity contribution in [3.63, 3.8) is 0 Å². The van der Waals surface area contributed by atoms with Gasteiger partial charge in [0.2, 0.25) is 0 Å². The summed E-state index contributed by atoms with van der Waals surface area (Å²) in [6.45, 7) is 1.77. The minimum atomic E-state index is -0.383. The van der Waals surface area contributed by atoms with E-state index in [1.54, 1.807) is 31.2 Å². The number of rotatable bonds is 1. The fraction of sp³-hybridized carbons (Fsp3) is 0.0833. The molecule has 0 aliphatic heterocycles. The average Bonchev–Trinajstić information content (AvgIpc) is 2.24. The Hall–Kier alpha value is -2.10. The Balaban J connectivity index is 2.74. The predicted molar refractivity (Wildman–Crippen MR) is 61.1 cm³/mol. The van der Waals surface area contributed by atoms with Crippen LogP contribution in [0, 0.1) is 12.7 Å². The van der Waals surface area contributed by atoms with E-state index in [0.29, 0.717) is 11.4 Å². The molecule has 0 saturated heterocycles. The van der Waals surface area contributed by atoms with Crippen molar-refractivity contribution >= 4 is 5.69 Å². The van der Waals surface area contributed by atoms with E-state index in [4.69, 9.17) is 5.73 Å². The summed E-state index contributed by atoms with van der Waals surface area (Å²) in [5.41, 5.74) is 6.55. The molecular formula is C12H11FN2O. The first kappa shape index (κ1) is 10.4. The Morgan fingerprint density at radius 2 is 2.00 bits per heavy atom. The maximum absolute atomic E-state index is 13.1. The molecule has 0 aliphatic carbocycles. The van der Waals surface area contributed by atoms with Gasteiger partial charge in [0.1, 0.15) is 5.82 Å². The monoisotopic (exact) mass is 218 g/mol. The molecule has 0 fully saturated rings. The van der Waals surface area contributed by atoms with Crippen LogP contribution in [-0.4, -0.2) is 4.57 Å². The van der Waals surface area contributed by atoms with Crippen molar-refractivity contribution in [3.8, 4) is 5.69 Å². The van der Waals surface area contributed by atoms with E-state index in [1.165, 1.54) is 16.7 Å². The molecule has 0 saturated carbocycles. The Morgan fingerprint density at radius 3 is 2.69 bits per heavy atom. The van der Waals surface area contributed by atoms with E-state index in [9.17, 15) is 9.18 Å². The zero-order chi connectivity index (χ0) is 11.7. The van der Waals surface area contributed by atoms with Gasteiger partial charge in [-0.1, -0.05) is 6.07 Å². The topological polar surface area (TPSA) is 48.0 Å². The average molecular weight is 218 g/mol. The van der Waals surface area contributed by atoms with E-state index in [1.807, 2.05) is 0 Å². The second kappa shape index (κ2) is 3.81. The molecule has 1 heterocycles. The van der Waals surface area contributed by atoms with Crippen LogP contribution in [0.5, 0.6) is 0 Å². The number of halogens is 1. The van der Waals surface area contributed by atoms with Crippen molar-refractivity contribution in [1.82, 2.24) is 4.57 Å². The van der Waals surface area contributed by atoms with Gasteiger partial charge in [0.05, 0.1) is 11.4 Å². The lowest BCUT2D eigenvalue weighted by molar-refractivity contribution is 0.626. The molecule has 0 aliphatic rings. The molecule has 2 N–H and O–H groups in total. The summed E-state index contributed by atoms with van der Waals surface area (Å²) in [7, 11) is 0. The van der Waals surface area contributed by atoms with Crippen LogP contribution in [0.2, 0.25) is 0 Å². The molecule has 2 rings (SSSR count). The first-order chi connectivity index (χ1) is 7.59. The Labute approximate surface area is 92.0 Å². The lowest BCUT2D eigenvalue weighted by Gasteiger charge is -2.10. The quantitative estimate of drug-likeness (QED) is 0.794. The second-order valence-electron chi connectivity index (χ2n) is 3.55. The van der Waals surface area contributed by atoms with Crippen LogP contribution in [0.4, 0.5) is 10.1 Å². The van der Waals surface area contributed by atoms with Crippen LogP contribution in [0.3, 0.4) is 0 Å². The van der Waals surface area contributed by atoms with Crippen LogP contribution in [0.15, 0.2) is 41.2 Å². The maximum atomic E-state index is 13.1. The number of nitrogens with two attached hydrogens (primary N) is 1. The van der Waals surface area contributed by atoms with Gasteiger partial charge in [0.25, 0.3) is 5.56 Å². The Bertz CT molecular complexity index is 590. The molecule has 0 radical (unpaired) electrons. The van der Waals surface area contributed by atoms with E-state index >= 15 is 0 Å². The molecule has 0 unspecified atom stereocenters. The summed E-state index contributed by atoms with van der Waals surface area (Å²) >= 11 is 0. The molecule has 82 valence electrons. The highest BCUT2D eigenvalue weighted by Crippen LogP contribution is 2.11. The molecule has 3 nitrogen and oxygen atoms in total. The molecule has 0 atom stereocenters. The van der Waals surface area contributed by atoms with Gasteiger partial charge >= 0.3 is 0 Å². The molecular weight excluding hydrogens is 207 g/mol. The van der Waals surface area contributed by atoms with Crippen molar-refractivity contribution in [2.75, 3.05) is 5.73 Å². The van der Waals surface area contributed by atoms with Gasteiger partial charge in [-0.25, -0.2) is 4.39 Å². The van der Waals surface area contributed by atoms with Gasteiger partial charge in [0, 0.05) is 5.69 Å². The van der Waals surface area contributed by atoms with Gasteiger partial charge in [-0.15, -0.1) is 0 Å². The lowest BCUT2D eigenvalue weighted by Crippen LogP contribution is -2.23. The first-order valence-electron chi connectivity index (χ1n) is 4.83. The van der Waals surface area contributed by atoms with Gasteiger partial charge in [-0.3, -0.25) is 9.36 Å². The minimum Gasteiger partial charge on any atom is -0.394 e. The second-order valence-corrected chi connectivity index (χ2v) is 3.55. The Kier molecular flexibility index (Phi) is 2.48. The zero-order valence-electron chi connectivity index (χ0n) is 8.77. The summed E-state index contributed by atoms with van der Waals surface area (Å²) in [5.74, 6) is -0.383. The third-order valence-electron chi connectivity index (χ3n) is 2.37. The summed E-state index contributed by atoms with van der Waals surface area (Å²) in [5, 5.41) is 0. The molecule has 1 aromatic carbocycles. The van der Waals surface area contributed by atoms with Crippen LogP contribution >= 0.6 is 0 Å². The molecule has 4 heteroatoms. The minimum absolute atomic E-state index is 0.148. The fourth-order valence-electron chi connectivity index (χ4n) is 1.58. The van der Waals surface area contributed by atoms with E-state index < -0.39 is 0 Å². The number of pyridine rings is 1.